The Balaban J connectivity index is 1.85. The zero-order valence-electron chi connectivity index (χ0n) is 16.9. The molecule has 1 fully saturated rings. The number of carbonyl (C=O) groups is 1. The normalized spacial score (nSPS) is 25.4. The second kappa shape index (κ2) is 12.5. The zero-order valence-corrected chi connectivity index (χ0v) is 17.7. The summed E-state index contributed by atoms with van der Waals surface area (Å²) in [5.41, 5.74) is 0. The van der Waals surface area contributed by atoms with Crippen LogP contribution in [-0.2, 0) is 9.53 Å². The molecule has 164 valence electrons. The molecule has 7 heteroatoms. The van der Waals surface area contributed by atoms with Gasteiger partial charge in [-0.05, 0) is 37.0 Å². The molecule has 3 unspecified atom stereocenters. The van der Waals surface area contributed by atoms with Crippen molar-refractivity contribution in [3.05, 3.63) is 65.7 Å². The van der Waals surface area contributed by atoms with Crippen LogP contribution in [0.15, 0.2) is 60.7 Å². The Morgan fingerprint density at radius 3 is 2.80 bits per heavy atom. The maximum atomic E-state index is 11.0. The van der Waals surface area contributed by atoms with Crippen LogP contribution in [0.4, 0.5) is 0 Å². The van der Waals surface area contributed by atoms with Crippen LogP contribution in [0, 0.1) is 11.8 Å². The van der Waals surface area contributed by atoms with E-state index in [-0.39, 0.29) is 18.4 Å². The lowest BCUT2D eigenvalue weighted by Gasteiger charge is -2.19. The van der Waals surface area contributed by atoms with E-state index in [1.807, 2.05) is 12.2 Å². The van der Waals surface area contributed by atoms with E-state index in [9.17, 15) is 20.1 Å². The van der Waals surface area contributed by atoms with Gasteiger partial charge in [-0.1, -0.05) is 48.0 Å². The molecule has 0 saturated heterocycles. The van der Waals surface area contributed by atoms with E-state index in [2.05, 4.69) is 4.74 Å². The third kappa shape index (κ3) is 7.95. The molecule has 0 amide bonds. The number of aliphatic hydroxyl groups is 3. The summed E-state index contributed by atoms with van der Waals surface area (Å²) in [6.45, 7) is 0.0549. The van der Waals surface area contributed by atoms with Crippen molar-refractivity contribution in [1.29, 1.82) is 0 Å². The number of carbonyl (C=O) groups excluding carboxylic acids is 1. The Morgan fingerprint density at radius 1 is 1.27 bits per heavy atom. The molecule has 1 aliphatic carbocycles. The van der Waals surface area contributed by atoms with Crippen molar-refractivity contribution in [3.63, 3.8) is 0 Å². The van der Waals surface area contributed by atoms with Gasteiger partial charge >= 0.3 is 5.97 Å². The largest absolute Gasteiger partial charge is 0.491 e. The molecule has 30 heavy (non-hydrogen) atoms. The highest BCUT2D eigenvalue weighted by atomic mass is 35.5. The third-order valence-corrected chi connectivity index (χ3v) is 5.23. The van der Waals surface area contributed by atoms with Crippen molar-refractivity contribution in [2.45, 2.75) is 37.6 Å². The van der Waals surface area contributed by atoms with Gasteiger partial charge in [-0.25, -0.2) is 4.79 Å². The maximum Gasteiger partial charge on any atom is 0.330 e. The number of hydrogen-bond donors (Lipinski definition) is 3. The van der Waals surface area contributed by atoms with Gasteiger partial charge in [-0.2, -0.15) is 0 Å². The summed E-state index contributed by atoms with van der Waals surface area (Å²) < 4.78 is 10.0. The molecular formula is C23H29ClO6. The highest BCUT2D eigenvalue weighted by molar-refractivity contribution is 6.30. The standard InChI is InChI=1S/C23H29ClO6/c1-29-23(28)10-5-3-2-4-9-19-20(22(27)14-21(19)26)12-11-17(25)15-30-18-8-6-7-16(24)13-18/h2,4-8,10-13,17,19-22,25-27H,3,9,14-15H2,1H3/t17-,19?,20-,21?,22?/m1/s1. The van der Waals surface area contributed by atoms with Crippen LogP contribution in [0.2, 0.25) is 5.02 Å². The highest BCUT2D eigenvalue weighted by Gasteiger charge is 2.39. The SMILES string of the molecule is COC(=O)C=CCC=CCC1C(O)CC(O)[C@@H]1C=C[C@@H](O)COc1cccc(Cl)c1. The first-order valence-corrected chi connectivity index (χ1v) is 10.3. The molecule has 1 aromatic rings. The molecule has 0 radical (unpaired) electrons. The molecule has 0 aromatic heterocycles. The molecule has 0 aliphatic heterocycles. The van der Waals surface area contributed by atoms with Gasteiger partial charge < -0.3 is 24.8 Å². The summed E-state index contributed by atoms with van der Waals surface area (Å²) in [6, 6.07) is 6.92. The molecule has 1 saturated carbocycles. The van der Waals surface area contributed by atoms with E-state index in [0.717, 1.165) is 0 Å². The second-order valence-electron chi connectivity index (χ2n) is 7.20. The van der Waals surface area contributed by atoms with Crippen molar-refractivity contribution >= 4 is 17.6 Å². The van der Waals surface area contributed by atoms with Crippen LogP contribution in [0.25, 0.3) is 0 Å². The molecule has 1 aromatic carbocycles. The van der Waals surface area contributed by atoms with Gasteiger partial charge in [0.25, 0.3) is 0 Å². The minimum Gasteiger partial charge on any atom is -0.491 e. The molecule has 3 N–H and O–H groups in total. The quantitative estimate of drug-likeness (QED) is 0.296. The molecular weight excluding hydrogens is 408 g/mol. The smallest absolute Gasteiger partial charge is 0.330 e. The van der Waals surface area contributed by atoms with Crippen molar-refractivity contribution < 1.29 is 29.6 Å². The lowest BCUT2D eigenvalue weighted by atomic mass is 9.89. The van der Waals surface area contributed by atoms with Crippen molar-refractivity contribution in [2.75, 3.05) is 13.7 Å². The number of halogens is 1. The minimum atomic E-state index is -0.853. The topological polar surface area (TPSA) is 96.2 Å². The summed E-state index contributed by atoms with van der Waals surface area (Å²) in [7, 11) is 1.32. The summed E-state index contributed by atoms with van der Waals surface area (Å²) in [5.74, 6) is -0.259. The van der Waals surface area contributed by atoms with Crippen molar-refractivity contribution in [1.82, 2.24) is 0 Å². The van der Waals surface area contributed by atoms with E-state index < -0.39 is 24.3 Å². The van der Waals surface area contributed by atoms with Crippen LogP contribution in [0.5, 0.6) is 5.75 Å². The van der Waals surface area contributed by atoms with Crippen molar-refractivity contribution in [2.24, 2.45) is 11.8 Å². The summed E-state index contributed by atoms with van der Waals surface area (Å²) in [5, 5.41) is 31.3. The van der Waals surface area contributed by atoms with Crippen LogP contribution in [0.1, 0.15) is 19.3 Å². The summed E-state index contributed by atoms with van der Waals surface area (Å²) >= 11 is 5.91. The van der Waals surface area contributed by atoms with E-state index in [1.165, 1.54) is 13.2 Å². The number of hydrogen-bond acceptors (Lipinski definition) is 6. The average molecular weight is 437 g/mol. The van der Waals surface area contributed by atoms with Gasteiger partial charge in [0.15, 0.2) is 0 Å². The average Bonchev–Trinajstić information content (AvgIpc) is 2.99. The van der Waals surface area contributed by atoms with E-state index in [1.54, 1.807) is 42.5 Å². The Bertz CT molecular complexity index is 760. The van der Waals surface area contributed by atoms with Gasteiger partial charge in [0.2, 0.25) is 0 Å². The molecule has 2 rings (SSSR count). The molecule has 1 aliphatic rings. The van der Waals surface area contributed by atoms with Gasteiger partial charge in [-0.15, -0.1) is 0 Å². The number of rotatable bonds is 10. The van der Waals surface area contributed by atoms with E-state index in [4.69, 9.17) is 16.3 Å². The van der Waals surface area contributed by atoms with E-state index in [0.29, 0.717) is 30.0 Å². The second-order valence-corrected chi connectivity index (χ2v) is 7.64. The predicted molar refractivity (Wildman–Crippen MR) is 115 cm³/mol. The van der Waals surface area contributed by atoms with E-state index >= 15 is 0 Å². The van der Waals surface area contributed by atoms with Gasteiger partial charge in [0.05, 0.1) is 19.3 Å². The van der Waals surface area contributed by atoms with Crippen LogP contribution in [-0.4, -0.2) is 53.3 Å². The number of esters is 1. The Hall–Kier alpha value is -2.12. The number of ether oxygens (including phenoxy) is 2. The Kier molecular flexibility index (Phi) is 10.1. The van der Waals surface area contributed by atoms with Crippen molar-refractivity contribution in [3.8, 4) is 5.75 Å². The fraction of sp³-hybridized carbons (Fsp3) is 0.435. The number of benzene rings is 1. The predicted octanol–water partition coefficient (Wildman–Crippen LogP) is 3.06. The van der Waals surface area contributed by atoms with Gasteiger partial charge in [0.1, 0.15) is 18.5 Å². The van der Waals surface area contributed by atoms with Crippen LogP contribution >= 0.6 is 11.6 Å². The van der Waals surface area contributed by atoms with Gasteiger partial charge in [-0.3, -0.25) is 0 Å². The lowest BCUT2D eigenvalue weighted by molar-refractivity contribution is -0.134. The molecule has 5 atom stereocenters. The minimum absolute atomic E-state index is 0.0549. The lowest BCUT2D eigenvalue weighted by Crippen LogP contribution is -2.21. The molecule has 0 bridgehead atoms. The fourth-order valence-corrected chi connectivity index (χ4v) is 3.60. The zero-order chi connectivity index (χ0) is 21.9. The highest BCUT2D eigenvalue weighted by Crippen LogP contribution is 2.36. The molecule has 0 spiro atoms. The molecule has 0 heterocycles. The Morgan fingerprint density at radius 2 is 2.07 bits per heavy atom. The van der Waals surface area contributed by atoms with Crippen LogP contribution < -0.4 is 4.74 Å². The number of aliphatic hydroxyl groups excluding tert-OH is 3. The maximum absolute atomic E-state index is 11.0. The van der Waals surface area contributed by atoms with Gasteiger partial charge in [0, 0.05) is 23.4 Å². The Labute approximate surface area is 182 Å². The first-order valence-electron chi connectivity index (χ1n) is 9.91. The first-order chi connectivity index (χ1) is 14.4. The van der Waals surface area contributed by atoms with Crippen LogP contribution in [0.3, 0.4) is 0 Å². The monoisotopic (exact) mass is 436 g/mol. The summed E-state index contributed by atoms with van der Waals surface area (Å²) in [6.07, 6.45) is 9.51. The fourth-order valence-electron chi connectivity index (χ4n) is 3.42. The first kappa shape index (κ1) is 24.2. The summed E-state index contributed by atoms with van der Waals surface area (Å²) in [4.78, 5) is 11.0. The number of allylic oxidation sites excluding steroid dienone is 3. The molecule has 6 nitrogen and oxygen atoms in total. The number of methoxy groups -OCH3 is 1. The third-order valence-electron chi connectivity index (χ3n) is 4.99.